The molecule has 0 bridgehead atoms. The molecule has 9 heteroatoms. The lowest BCUT2D eigenvalue weighted by Crippen LogP contribution is -2.31. The van der Waals surface area contributed by atoms with E-state index in [0.29, 0.717) is 13.2 Å². The summed E-state index contributed by atoms with van der Waals surface area (Å²) in [6.45, 7) is 1.03. The van der Waals surface area contributed by atoms with Crippen LogP contribution in [0.1, 0.15) is 23.2 Å². The minimum Gasteiger partial charge on any atom is -0.376 e. The van der Waals surface area contributed by atoms with Gasteiger partial charge in [-0.15, -0.1) is 0 Å². The van der Waals surface area contributed by atoms with Gasteiger partial charge in [-0.05, 0) is 25.0 Å². The fourth-order valence-electron chi connectivity index (χ4n) is 1.99. The standard InChI is InChI=1S/C12H12Cl3NO4S/c13-9-4-7(5-10(11(9)14)21(15,18)19)12(17)16-6-8-2-1-3-20-8/h4-5,8H,1-3,6H2,(H,16,17). The maximum atomic E-state index is 12.0. The van der Waals surface area contributed by atoms with Crippen molar-refractivity contribution in [2.45, 2.75) is 23.8 Å². The predicted molar refractivity (Wildman–Crippen MR) is 80.8 cm³/mol. The van der Waals surface area contributed by atoms with Crippen LogP contribution in [0.25, 0.3) is 0 Å². The highest BCUT2D eigenvalue weighted by molar-refractivity contribution is 8.13. The highest BCUT2D eigenvalue weighted by Gasteiger charge is 2.22. The molecule has 1 amide bonds. The summed E-state index contributed by atoms with van der Waals surface area (Å²) >= 11 is 11.6. The molecule has 0 spiro atoms. The van der Waals surface area contributed by atoms with Crippen molar-refractivity contribution in [1.29, 1.82) is 0 Å². The van der Waals surface area contributed by atoms with E-state index in [1.165, 1.54) is 6.07 Å². The largest absolute Gasteiger partial charge is 0.376 e. The van der Waals surface area contributed by atoms with E-state index in [0.717, 1.165) is 18.9 Å². The van der Waals surface area contributed by atoms with E-state index in [2.05, 4.69) is 5.32 Å². The molecule has 1 unspecified atom stereocenters. The van der Waals surface area contributed by atoms with Gasteiger partial charge in [-0.3, -0.25) is 4.79 Å². The molecule has 5 nitrogen and oxygen atoms in total. The molecule has 1 saturated heterocycles. The summed E-state index contributed by atoms with van der Waals surface area (Å²) in [7, 11) is 1.18. The van der Waals surface area contributed by atoms with Gasteiger partial charge in [0, 0.05) is 29.4 Å². The van der Waals surface area contributed by atoms with Gasteiger partial charge < -0.3 is 10.1 Å². The average Bonchev–Trinajstić information content (AvgIpc) is 2.90. The summed E-state index contributed by atoms with van der Waals surface area (Å²) < 4.78 is 28.2. The van der Waals surface area contributed by atoms with Crippen LogP contribution in [0.4, 0.5) is 0 Å². The molecular weight excluding hydrogens is 361 g/mol. The molecule has 1 fully saturated rings. The number of amides is 1. The molecule has 0 aliphatic carbocycles. The summed E-state index contributed by atoms with van der Waals surface area (Å²) in [6, 6.07) is 2.39. The van der Waals surface area contributed by atoms with Gasteiger partial charge in [0.15, 0.2) is 0 Å². The Balaban J connectivity index is 2.19. The number of carbonyl (C=O) groups is 1. The molecule has 21 heavy (non-hydrogen) atoms. The maximum Gasteiger partial charge on any atom is 0.262 e. The lowest BCUT2D eigenvalue weighted by molar-refractivity contribution is 0.0857. The Morgan fingerprint density at radius 2 is 2.10 bits per heavy atom. The van der Waals surface area contributed by atoms with Crippen LogP contribution in [0.5, 0.6) is 0 Å². The van der Waals surface area contributed by atoms with E-state index in [4.69, 9.17) is 38.6 Å². The summed E-state index contributed by atoms with van der Waals surface area (Å²) in [5, 5.41) is 2.40. The van der Waals surface area contributed by atoms with Crippen LogP contribution >= 0.6 is 33.9 Å². The van der Waals surface area contributed by atoms with E-state index < -0.39 is 15.0 Å². The van der Waals surface area contributed by atoms with Gasteiger partial charge in [-0.2, -0.15) is 0 Å². The van der Waals surface area contributed by atoms with E-state index in [1.54, 1.807) is 0 Å². The van der Waals surface area contributed by atoms with E-state index >= 15 is 0 Å². The smallest absolute Gasteiger partial charge is 0.262 e. The van der Waals surface area contributed by atoms with E-state index in [1.807, 2.05) is 0 Å². The lowest BCUT2D eigenvalue weighted by atomic mass is 10.2. The Hall–Kier alpha value is -0.530. The number of ether oxygens (including phenoxy) is 1. The van der Waals surface area contributed by atoms with Crippen LogP contribution in [0.15, 0.2) is 17.0 Å². The van der Waals surface area contributed by atoms with Crippen molar-refractivity contribution in [2.24, 2.45) is 0 Å². The number of hydrogen-bond donors (Lipinski definition) is 1. The van der Waals surface area contributed by atoms with Crippen LogP contribution in [-0.4, -0.2) is 33.6 Å². The summed E-state index contributed by atoms with van der Waals surface area (Å²) in [6.07, 6.45) is 1.82. The number of halogens is 3. The monoisotopic (exact) mass is 371 g/mol. The zero-order valence-corrected chi connectivity index (χ0v) is 13.8. The minimum atomic E-state index is -4.09. The zero-order valence-electron chi connectivity index (χ0n) is 10.7. The quantitative estimate of drug-likeness (QED) is 0.825. The van der Waals surface area contributed by atoms with E-state index in [-0.39, 0.29) is 26.6 Å². The first kappa shape index (κ1) is 16.8. The Morgan fingerprint density at radius 3 is 2.67 bits per heavy atom. The Labute approximate surface area is 136 Å². The molecule has 1 heterocycles. The van der Waals surface area contributed by atoms with Gasteiger partial charge in [0.1, 0.15) is 4.90 Å². The zero-order chi connectivity index (χ0) is 15.6. The summed E-state index contributed by atoms with van der Waals surface area (Å²) in [5.74, 6) is -0.467. The fraction of sp³-hybridized carbons (Fsp3) is 0.417. The van der Waals surface area contributed by atoms with Crippen molar-refractivity contribution in [1.82, 2.24) is 5.32 Å². The SMILES string of the molecule is O=C(NCC1CCCO1)c1cc(Cl)c(Cl)c(S(=O)(=O)Cl)c1. The molecular formula is C12H12Cl3NO4S. The predicted octanol–water partition coefficient (Wildman–Crippen LogP) is 2.83. The lowest BCUT2D eigenvalue weighted by Gasteiger charge is -2.12. The van der Waals surface area contributed by atoms with Crippen molar-refractivity contribution < 1.29 is 17.9 Å². The van der Waals surface area contributed by atoms with Gasteiger partial charge in [-0.1, -0.05) is 23.2 Å². The number of hydrogen-bond acceptors (Lipinski definition) is 4. The first-order valence-electron chi connectivity index (χ1n) is 6.12. The number of benzene rings is 1. The summed E-state index contributed by atoms with van der Waals surface area (Å²) in [5.41, 5.74) is 0.0709. The maximum absolute atomic E-state index is 12.0. The number of rotatable bonds is 4. The molecule has 1 aliphatic rings. The first-order valence-corrected chi connectivity index (χ1v) is 9.19. The van der Waals surface area contributed by atoms with Gasteiger partial charge >= 0.3 is 0 Å². The van der Waals surface area contributed by atoms with Crippen LogP contribution in [0, 0.1) is 0 Å². The second-order valence-corrected chi connectivity index (χ2v) is 7.87. The molecule has 1 N–H and O–H groups in total. The minimum absolute atomic E-state index is 0.0204. The molecule has 1 aliphatic heterocycles. The van der Waals surface area contributed by atoms with Crippen molar-refractivity contribution in [3.63, 3.8) is 0 Å². The van der Waals surface area contributed by atoms with Crippen LogP contribution in [0.2, 0.25) is 10.0 Å². The highest BCUT2D eigenvalue weighted by Crippen LogP contribution is 2.32. The van der Waals surface area contributed by atoms with Crippen molar-refractivity contribution in [3.8, 4) is 0 Å². The topological polar surface area (TPSA) is 72.5 Å². The third-order valence-electron chi connectivity index (χ3n) is 3.03. The van der Waals surface area contributed by atoms with Crippen LogP contribution in [-0.2, 0) is 13.8 Å². The second-order valence-electron chi connectivity index (χ2n) is 4.55. The molecule has 0 aromatic heterocycles. The van der Waals surface area contributed by atoms with Gasteiger partial charge in [0.25, 0.3) is 15.0 Å². The molecule has 0 radical (unpaired) electrons. The highest BCUT2D eigenvalue weighted by atomic mass is 35.7. The number of nitrogens with one attached hydrogen (secondary N) is 1. The Kier molecular flexibility index (Phi) is 5.38. The third-order valence-corrected chi connectivity index (χ3v) is 5.29. The van der Waals surface area contributed by atoms with Crippen LogP contribution in [0.3, 0.4) is 0 Å². The Morgan fingerprint density at radius 1 is 1.38 bits per heavy atom. The number of carbonyl (C=O) groups excluding carboxylic acids is 1. The normalized spacial score (nSPS) is 18.7. The average molecular weight is 373 g/mol. The van der Waals surface area contributed by atoms with E-state index in [9.17, 15) is 13.2 Å². The van der Waals surface area contributed by atoms with Crippen molar-refractivity contribution in [2.75, 3.05) is 13.2 Å². The second kappa shape index (κ2) is 6.71. The molecule has 1 aromatic rings. The summed E-state index contributed by atoms with van der Waals surface area (Å²) in [4.78, 5) is 11.6. The molecule has 0 saturated carbocycles. The molecule has 1 atom stereocenters. The van der Waals surface area contributed by atoms with Gasteiger partial charge in [-0.25, -0.2) is 8.42 Å². The fourth-order valence-corrected chi connectivity index (χ4v) is 3.75. The first-order chi connectivity index (χ1) is 9.79. The Bertz CT molecular complexity index is 657. The van der Waals surface area contributed by atoms with Gasteiger partial charge in [0.05, 0.1) is 16.1 Å². The van der Waals surface area contributed by atoms with Crippen molar-refractivity contribution in [3.05, 3.63) is 27.7 Å². The molecule has 2 rings (SSSR count). The van der Waals surface area contributed by atoms with Crippen molar-refractivity contribution >= 4 is 48.8 Å². The van der Waals surface area contributed by atoms with Crippen LogP contribution < -0.4 is 5.32 Å². The molecule has 1 aromatic carbocycles. The molecule has 116 valence electrons. The third kappa shape index (κ3) is 4.23. The van der Waals surface area contributed by atoms with Gasteiger partial charge in [0.2, 0.25) is 0 Å².